The zero-order valence-electron chi connectivity index (χ0n) is 12.4. The Morgan fingerprint density at radius 1 is 1.29 bits per heavy atom. The van der Waals surface area contributed by atoms with Crippen LogP contribution in [0.4, 0.5) is 0 Å². The number of hydrogen-bond acceptors (Lipinski definition) is 3. The van der Waals surface area contributed by atoms with E-state index in [2.05, 4.69) is 10.2 Å². The number of carbonyl (C=O) groups is 2. The number of aliphatic carboxylic acids is 1. The Labute approximate surface area is 123 Å². The minimum Gasteiger partial charge on any atom is -0.480 e. The standard InChI is InChI=1S/C15H21N3O3/c1-8-13(9(2)17-16-8)14(19)18-11-6-4-3-5-10(11)7-12(18)15(20)21/h10-12H,3-7H2,1-2H3,(H,16,17)(H,20,21). The first-order chi connectivity index (χ1) is 10.0. The summed E-state index contributed by atoms with van der Waals surface area (Å²) in [7, 11) is 0. The minimum absolute atomic E-state index is 0.0704. The van der Waals surface area contributed by atoms with Gasteiger partial charge in [0, 0.05) is 11.7 Å². The van der Waals surface area contributed by atoms with Gasteiger partial charge in [-0.1, -0.05) is 12.8 Å². The van der Waals surface area contributed by atoms with Crippen molar-refractivity contribution in [1.29, 1.82) is 0 Å². The van der Waals surface area contributed by atoms with Gasteiger partial charge in [0.2, 0.25) is 0 Å². The molecular formula is C15H21N3O3. The van der Waals surface area contributed by atoms with E-state index in [1.807, 2.05) is 0 Å². The van der Waals surface area contributed by atoms with Gasteiger partial charge in [-0.25, -0.2) is 4.79 Å². The summed E-state index contributed by atoms with van der Waals surface area (Å²) >= 11 is 0. The molecule has 0 aromatic carbocycles. The van der Waals surface area contributed by atoms with Crippen molar-refractivity contribution < 1.29 is 14.7 Å². The van der Waals surface area contributed by atoms with Crippen LogP contribution in [0.3, 0.4) is 0 Å². The lowest BCUT2D eigenvalue weighted by Gasteiger charge is -2.33. The van der Waals surface area contributed by atoms with Gasteiger partial charge in [-0.05, 0) is 39.0 Å². The molecule has 1 aromatic rings. The summed E-state index contributed by atoms with van der Waals surface area (Å²) in [6.45, 7) is 3.58. The fourth-order valence-corrected chi connectivity index (χ4v) is 3.97. The monoisotopic (exact) mass is 291 g/mol. The molecule has 2 fully saturated rings. The number of carbonyl (C=O) groups excluding carboxylic acids is 1. The Morgan fingerprint density at radius 3 is 2.62 bits per heavy atom. The Hall–Kier alpha value is -1.85. The number of amides is 1. The Morgan fingerprint density at radius 2 is 2.00 bits per heavy atom. The fourth-order valence-electron chi connectivity index (χ4n) is 3.97. The summed E-state index contributed by atoms with van der Waals surface area (Å²) in [5, 5.41) is 16.4. The van der Waals surface area contributed by atoms with Crippen LogP contribution >= 0.6 is 0 Å². The van der Waals surface area contributed by atoms with Gasteiger partial charge in [0.1, 0.15) is 6.04 Å². The second-order valence-corrected chi connectivity index (χ2v) is 6.22. The number of fused-ring (bicyclic) bond motifs is 1. The number of nitrogens with zero attached hydrogens (tertiary/aromatic N) is 2. The molecule has 6 nitrogen and oxygen atoms in total. The van der Waals surface area contributed by atoms with E-state index in [0.29, 0.717) is 29.3 Å². The molecule has 1 aliphatic carbocycles. The second kappa shape index (κ2) is 5.16. The third-order valence-corrected chi connectivity index (χ3v) is 4.95. The fraction of sp³-hybridized carbons (Fsp3) is 0.667. The number of aryl methyl sites for hydroxylation is 2. The number of aromatic nitrogens is 2. The smallest absolute Gasteiger partial charge is 0.326 e. The van der Waals surface area contributed by atoms with Crippen LogP contribution in [0.25, 0.3) is 0 Å². The van der Waals surface area contributed by atoms with Crippen LogP contribution in [-0.2, 0) is 4.79 Å². The molecule has 0 bridgehead atoms. The van der Waals surface area contributed by atoms with Gasteiger partial charge in [0.15, 0.2) is 0 Å². The zero-order chi connectivity index (χ0) is 15.1. The summed E-state index contributed by atoms with van der Waals surface area (Å²) in [5.41, 5.74) is 1.88. The van der Waals surface area contributed by atoms with Crippen LogP contribution in [0, 0.1) is 19.8 Å². The van der Waals surface area contributed by atoms with Gasteiger partial charge in [0.05, 0.1) is 11.3 Å². The van der Waals surface area contributed by atoms with Crippen LogP contribution in [0.5, 0.6) is 0 Å². The average molecular weight is 291 g/mol. The first-order valence-corrected chi connectivity index (χ1v) is 7.57. The van der Waals surface area contributed by atoms with Crippen LogP contribution in [0.1, 0.15) is 53.8 Å². The second-order valence-electron chi connectivity index (χ2n) is 6.22. The lowest BCUT2D eigenvalue weighted by molar-refractivity contribution is -0.141. The van der Waals surface area contributed by atoms with Crippen LogP contribution in [0.15, 0.2) is 0 Å². The lowest BCUT2D eigenvalue weighted by Crippen LogP contribution is -2.46. The highest BCUT2D eigenvalue weighted by atomic mass is 16.4. The van der Waals surface area contributed by atoms with E-state index >= 15 is 0 Å². The molecule has 21 heavy (non-hydrogen) atoms. The number of hydrogen-bond donors (Lipinski definition) is 2. The molecule has 6 heteroatoms. The van der Waals surface area contributed by atoms with E-state index in [9.17, 15) is 14.7 Å². The quantitative estimate of drug-likeness (QED) is 0.871. The molecule has 3 atom stereocenters. The van der Waals surface area contributed by atoms with Crippen LogP contribution < -0.4 is 0 Å². The van der Waals surface area contributed by atoms with Crippen LogP contribution in [-0.4, -0.2) is 44.2 Å². The number of likely N-dealkylation sites (tertiary alicyclic amines) is 1. The maximum Gasteiger partial charge on any atom is 0.326 e. The molecular weight excluding hydrogens is 270 g/mol. The van der Waals surface area contributed by atoms with Gasteiger partial charge in [-0.15, -0.1) is 0 Å². The predicted molar refractivity (Wildman–Crippen MR) is 76.0 cm³/mol. The number of H-pyrrole nitrogens is 1. The SMILES string of the molecule is Cc1n[nH]c(C)c1C(=O)N1C(C(=O)O)CC2CCCCC21. The van der Waals surface area contributed by atoms with E-state index in [1.165, 1.54) is 0 Å². The van der Waals surface area contributed by atoms with E-state index in [4.69, 9.17) is 0 Å². The predicted octanol–water partition coefficient (Wildman–Crippen LogP) is 1.88. The van der Waals surface area contributed by atoms with Crippen molar-refractivity contribution in [3.8, 4) is 0 Å². The van der Waals surface area contributed by atoms with Crippen molar-refractivity contribution in [3.63, 3.8) is 0 Å². The highest BCUT2D eigenvalue weighted by molar-refractivity contribution is 5.99. The number of carboxylic acid groups (broad SMARTS) is 1. The summed E-state index contributed by atoms with van der Waals surface area (Å²) < 4.78 is 0. The van der Waals surface area contributed by atoms with Gasteiger partial charge in [0.25, 0.3) is 5.91 Å². The van der Waals surface area contributed by atoms with Crippen molar-refractivity contribution >= 4 is 11.9 Å². The summed E-state index contributed by atoms with van der Waals surface area (Å²) in [5.74, 6) is -0.742. The number of rotatable bonds is 2. The molecule has 1 aromatic heterocycles. The largest absolute Gasteiger partial charge is 0.480 e. The van der Waals surface area contributed by atoms with Crippen molar-refractivity contribution in [1.82, 2.24) is 15.1 Å². The first-order valence-electron chi connectivity index (χ1n) is 7.57. The Bertz CT molecular complexity index is 561. The molecule has 1 saturated carbocycles. The minimum atomic E-state index is -0.892. The molecule has 2 aliphatic rings. The third kappa shape index (κ3) is 2.22. The highest BCUT2D eigenvalue weighted by Crippen LogP contribution is 2.40. The average Bonchev–Trinajstić information content (AvgIpc) is 2.99. The van der Waals surface area contributed by atoms with Crippen molar-refractivity contribution in [2.24, 2.45) is 5.92 Å². The Kier molecular flexibility index (Phi) is 3.47. The first kappa shape index (κ1) is 14.1. The zero-order valence-corrected chi connectivity index (χ0v) is 12.4. The van der Waals surface area contributed by atoms with E-state index < -0.39 is 12.0 Å². The van der Waals surface area contributed by atoms with Crippen molar-refractivity contribution in [2.45, 2.75) is 58.0 Å². The lowest BCUT2D eigenvalue weighted by atomic mass is 9.84. The third-order valence-electron chi connectivity index (χ3n) is 4.95. The van der Waals surface area contributed by atoms with E-state index in [1.54, 1.807) is 18.7 Å². The Balaban J connectivity index is 1.97. The van der Waals surface area contributed by atoms with Crippen LogP contribution in [0.2, 0.25) is 0 Å². The molecule has 0 radical (unpaired) electrons. The normalized spacial score (nSPS) is 28.5. The molecule has 1 aliphatic heterocycles. The topological polar surface area (TPSA) is 86.3 Å². The number of aromatic amines is 1. The van der Waals surface area contributed by atoms with E-state index in [0.717, 1.165) is 25.7 Å². The molecule has 114 valence electrons. The van der Waals surface area contributed by atoms with Gasteiger partial charge in [-0.3, -0.25) is 9.89 Å². The molecule has 2 heterocycles. The van der Waals surface area contributed by atoms with Gasteiger partial charge in [-0.2, -0.15) is 5.10 Å². The van der Waals surface area contributed by atoms with Gasteiger partial charge >= 0.3 is 5.97 Å². The molecule has 1 amide bonds. The molecule has 0 spiro atoms. The highest BCUT2D eigenvalue weighted by Gasteiger charge is 2.48. The summed E-state index contributed by atoms with van der Waals surface area (Å²) in [6.07, 6.45) is 4.74. The maximum atomic E-state index is 12.9. The molecule has 3 unspecified atom stereocenters. The summed E-state index contributed by atoms with van der Waals surface area (Å²) in [6, 6.07) is -0.625. The molecule has 3 rings (SSSR count). The van der Waals surface area contributed by atoms with E-state index in [-0.39, 0.29) is 11.9 Å². The van der Waals surface area contributed by atoms with Crippen molar-refractivity contribution in [3.05, 3.63) is 17.0 Å². The molecule has 2 N–H and O–H groups in total. The molecule has 1 saturated heterocycles. The summed E-state index contributed by atoms with van der Waals surface area (Å²) in [4.78, 5) is 26.1. The van der Waals surface area contributed by atoms with Crippen molar-refractivity contribution in [2.75, 3.05) is 0 Å². The number of nitrogens with one attached hydrogen (secondary N) is 1. The maximum absolute atomic E-state index is 12.9. The van der Waals surface area contributed by atoms with Gasteiger partial charge < -0.3 is 10.0 Å². The number of carboxylic acids is 1.